The number of amides is 2. The van der Waals surface area contributed by atoms with E-state index in [1.54, 1.807) is 22.9 Å². The number of fused-ring (bicyclic) bond motifs is 1. The van der Waals surface area contributed by atoms with Gasteiger partial charge in [0.25, 0.3) is 0 Å². The van der Waals surface area contributed by atoms with E-state index in [-0.39, 0.29) is 0 Å². The summed E-state index contributed by atoms with van der Waals surface area (Å²) in [6.45, 7) is 4.86. The average molecular weight is 542 g/mol. The van der Waals surface area contributed by atoms with Crippen molar-refractivity contribution in [1.82, 2.24) is 29.8 Å². The van der Waals surface area contributed by atoms with Gasteiger partial charge < -0.3 is 25.0 Å². The maximum Gasteiger partial charge on any atom is 0.324 e. The van der Waals surface area contributed by atoms with Gasteiger partial charge in [-0.05, 0) is 48.5 Å². The first-order chi connectivity index (χ1) is 19.6. The van der Waals surface area contributed by atoms with E-state index in [9.17, 15) is 4.79 Å². The Bertz CT molecular complexity index is 1580. The summed E-state index contributed by atoms with van der Waals surface area (Å²) in [5.74, 6) is 1.43. The van der Waals surface area contributed by atoms with Gasteiger partial charge in [0.15, 0.2) is 11.5 Å². The van der Waals surface area contributed by atoms with E-state index in [1.165, 1.54) is 12.6 Å². The molecule has 1 aliphatic heterocycles. The lowest BCUT2D eigenvalue weighted by atomic mass is 10.1. The van der Waals surface area contributed by atoms with Gasteiger partial charge in [-0.1, -0.05) is 5.16 Å². The number of nitrogens with zero attached hydrogens (tertiary/aromatic N) is 6. The van der Waals surface area contributed by atoms with E-state index in [2.05, 4.69) is 30.7 Å². The summed E-state index contributed by atoms with van der Waals surface area (Å²) in [6.07, 6.45) is 2.79. The Morgan fingerprint density at radius 3 is 2.55 bits per heavy atom. The van der Waals surface area contributed by atoms with Crippen LogP contribution in [0.4, 0.5) is 22.1 Å². The SMILES string of the molecule is Nc1ncnc2c1c(-c1ccc(OCCN3CCOCC3)cc1)nn2-c1ccc(NC(=O)Nc2ccon2)cc1. The maximum atomic E-state index is 12.2. The van der Waals surface area contributed by atoms with Gasteiger partial charge in [0, 0.05) is 37.0 Å². The molecule has 0 aliphatic carbocycles. The van der Waals surface area contributed by atoms with E-state index < -0.39 is 6.03 Å². The molecule has 4 N–H and O–H groups in total. The molecule has 40 heavy (non-hydrogen) atoms. The minimum atomic E-state index is -0.442. The van der Waals surface area contributed by atoms with Crippen LogP contribution in [0.3, 0.4) is 0 Å². The molecule has 0 spiro atoms. The predicted octanol–water partition coefficient (Wildman–Crippen LogP) is 3.41. The quantitative estimate of drug-likeness (QED) is 0.266. The van der Waals surface area contributed by atoms with Gasteiger partial charge >= 0.3 is 6.03 Å². The minimum Gasteiger partial charge on any atom is -0.492 e. The molecule has 4 heterocycles. The number of benzene rings is 2. The van der Waals surface area contributed by atoms with Crippen molar-refractivity contribution < 1.29 is 18.8 Å². The first kappa shape index (κ1) is 25.3. The minimum absolute atomic E-state index is 0.314. The van der Waals surface area contributed by atoms with Crippen LogP contribution in [-0.4, -0.2) is 75.3 Å². The van der Waals surface area contributed by atoms with Crippen LogP contribution in [0, 0.1) is 0 Å². The topological polar surface area (TPSA) is 158 Å². The number of anilines is 3. The number of hydrogen-bond acceptors (Lipinski definition) is 10. The molecule has 6 rings (SSSR count). The Morgan fingerprint density at radius 1 is 1.00 bits per heavy atom. The number of morpholine rings is 1. The Kier molecular flexibility index (Phi) is 7.20. The van der Waals surface area contributed by atoms with Gasteiger partial charge in [0.1, 0.15) is 36.5 Å². The second-order valence-corrected chi connectivity index (χ2v) is 9.06. The molecule has 5 aromatic rings. The zero-order valence-electron chi connectivity index (χ0n) is 21.5. The van der Waals surface area contributed by atoms with Crippen molar-refractivity contribution in [3.05, 3.63) is 67.2 Å². The molecule has 1 aliphatic rings. The lowest BCUT2D eigenvalue weighted by Crippen LogP contribution is -2.38. The van der Waals surface area contributed by atoms with Crippen molar-refractivity contribution >= 4 is 34.4 Å². The summed E-state index contributed by atoms with van der Waals surface area (Å²) < 4.78 is 17.8. The normalized spacial score (nSPS) is 13.8. The Labute approximate surface area is 228 Å². The van der Waals surface area contributed by atoms with Gasteiger partial charge in [0.05, 0.1) is 24.3 Å². The summed E-state index contributed by atoms with van der Waals surface area (Å²) in [6, 6.07) is 16.0. The lowest BCUT2D eigenvalue weighted by molar-refractivity contribution is 0.0322. The van der Waals surface area contributed by atoms with E-state index in [4.69, 9.17) is 24.8 Å². The highest BCUT2D eigenvalue weighted by Gasteiger charge is 2.18. The molecule has 0 unspecified atom stereocenters. The molecule has 13 nitrogen and oxygen atoms in total. The number of urea groups is 1. The number of nitrogen functional groups attached to an aromatic ring is 1. The largest absolute Gasteiger partial charge is 0.492 e. The molecule has 0 atom stereocenters. The third-order valence-corrected chi connectivity index (χ3v) is 6.45. The number of carbonyl (C=O) groups excluding carboxylic acids is 1. The first-order valence-electron chi connectivity index (χ1n) is 12.8. The molecule has 204 valence electrons. The summed E-state index contributed by atoms with van der Waals surface area (Å²) in [5.41, 5.74) is 9.67. The smallest absolute Gasteiger partial charge is 0.324 e. The van der Waals surface area contributed by atoms with Crippen LogP contribution >= 0.6 is 0 Å². The van der Waals surface area contributed by atoms with Gasteiger partial charge in [-0.25, -0.2) is 19.4 Å². The van der Waals surface area contributed by atoms with Crippen LogP contribution < -0.4 is 21.1 Å². The number of aromatic nitrogens is 5. The van der Waals surface area contributed by atoms with E-state index in [1.807, 2.05) is 36.4 Å². The van der Waals surface area contributed by atoms with Crippen LogP contribution in [0.15, 0.2) is 71.7 Å². The van der Waals surface area contributed by atoms with Crippen molar-refractivity contribution in [2.75, 3.05) is 55.8 Å². The van der Waals surface area contributed by atoms with Crippen molar-refractivity contribution in [1.29, 1.82) is 0 Å². The highest BCUT2D eigenvalue weighted by molar-refractivity contribution is 6.00. The summed E-state index contributed by atoms with van der Waals surface area (Å²) in [7, 11) is 0. The Morgan fingerprint density at radius 2 is 1.80 bits per heavy atom. The molecule has 2 amide bonds. The van der Waals surface area contributed by atoms with Crippen molar-refractivity contribution in [2.45, 2.75) is 0 Å². The van der Waals surface area contributed by atoms with Crippen LogP contribution in [0.5, 0.6) is 5.75 Å². The Hall–Kier alpha value is -5.01. The van der Waals surface area contributed by atoms with E-state index in [0.29, 0.717) is 40.7 Å². The fourth-order valence-electron chi connectivity index (χ4n) is 4.42. The van der Waals surface area contributed by atoms with Crippen LogP contribution in [-0.2, 0) is 4.74 Å². The van der Waals surface area contributed by atoms with Crippen LogP contribution in [0.1, 0.15) is 0 Å². The van der Waals surface area contributed by atoms with Crippen LogP contribution in [0.25, 0.3) is 28.0 Å². The lowest BCUT2D eigenvalue weighted by Gasteiger charge is -2.26. The van der Waals surface area contributed by atoms with Crippen LogP contribution in [0.2, 0.25) is 0 Å². The molecule has 2 aromatic carbocycles. The molecule has 13 heteroatoms. The molecule has 1 saturated heterocycles. The molecule has 0 radical (unpaired) electrons. The summed E-state index contributed by atoms with van der Waals surface area (Å²) in [4.78, 5) is 23.2. The average Bonchev–Trinajstić information content (AvgIpc) is 3.63. The number of nitrogens with two attached hydrogens (primary N) is 1. The number of carbonyl (C=O) groups is 1. The zero-order chi connectivity index (χ0) is 27.3. The summed E-state index contributed by atoms with van der Waals surface area (Å²) in [5, 5.41) is 14.5. The molecular weight excluding hydrogens is 514 g/mol. The van der Waals surface area contributed by atoms with Crippen molar-refractivity contribution in [3.63, 3.8) is 0 Å². The second kappa shape index (κ2) is 11.4. The van der Waals surface area contributed by atoms with Gasteiger partial charge in [-0.3, -0.25) is 10.2 Å². The van der Waals surface area contributed by atoms with Crippen molar-refractivity contribution in [3.8, 4) is 22.7 Å². The summed E-state index contributed by atoms with van der Waals surface area (Å²) >= 11 is 0. The van der Waals surface area contributed by atoms with Gasteiger partial charge in [0.2, 0.25) is 0 Å². The number of hydrogen-bond donors (Lipinski definition) is 3. The highest BCUT2D eigenvalue weighted by Crippen LogP contribution is 2.32. The number of ether oxygens (including phenoxy) is 2. The first-order valence-corrected chi connectivity index (χ1v) is 12.8. The van der Waals surface area contributed by atoms with E-state index >= 15 is 0 Å². The molecular formula is C27H27N9O4. The molecule has 0 saturated carbocycles. The molecule has 0 bridgehead atoms. The fourth-order valence-corrected chi connectivity index (χ4v) is 4.42. The predicted molar refractivity (Wildman–Crippen MR) is 148 cm³/mol. The Balaban J connectivity index is 1.19. The molecule has 1 fully saturated rings. The monoisotopic (exact) mass is 541 g/mol. The fraction of sp³-hybridized carbons (Fsp3) is 0.222. The number of nitrogens with one attached hydrogen (secondary N) is 2. The van der Waals surface area contributed by atoms with E-state index in [0.717, 1.165) is 49.8 Å². The van der Waals surface area contributed by atoms with Crippen molar-refractivity contribution in [2.24, 2.45) is 0 Å². The van der Waals surface area contributed by atoms with Gasteiger partial charge in [-0.15, -0.1) is 0 Å². The maximum absolute atomic E-state index is 12.2. The third kappa shape index (κ3) is 5.55. The highest BCUT2D eigenvalue weighted by atomic mass is 16.5. The number of rotatable bonds is 8. The standard InChI is InChI=1S/C27H27N9O4/c28-25-23-24(18-1-7-21(8-2-18)39-16-12-35-10-14-38-15-11-35)33-36(26(23)30-17-29-25)20-5-3-19(4-6-20)31-27(37)32-22-9-13-40-34-22/h1-9,13,17H,10-12,14-16H2,(H2,28,29,30)(H2,31,32,34,37). The third-order valence-electron chi connectivity index (χ3n) is 6.45. The van der Waals surface area contributed by atoms with Gasteiger partial charge in [-0.2, -0.15) is 5.10 Å². The zero-order valence-corrected chi connectivity index (χ0v) is 21.5. The second-order valence-electron chi connectivity index (χ2n) is 9.06. The molecule has 3 aromatic heterocycles.